The van der Waals surface area contributed by atoms with Crippen LogP contribution in [0.5, 0.6) is 5.75 Å². The van der Waals surface area contributed by atoms with Gasteiger partial charge in [-0.05, 0) is 30.4 Å². The van der Waals surface area contributed by atoms with Crippen molar-refractivity contribution in [3.63, 3.8) is 0 Å². The summed E-state index contributed by atoms with van der Waals surface area (Å²) in [4.78, 5) is 31.6. The van der Waals surface area contributed by atoms with Gasteiger partial charge in [-0.3, -0.25) is 9.59 Å². The molecule has 0 fully saturated rings. The average Bonchev–Trinajstić information content (AvgIpc) is 2.64. The highest BCUT2D eigenvalue weighted by Crippen LogP contribution is 2.28. The van der Waals surface area contributed by atoms with E-state index in [2.05, 4.69) is 22.2 Å². The maximum atomic E-state index is 12.6. The van der Waals surface area contributed by atoms with E-state index in [1.165, 1.54) is 24.9 Å². The summed E-state index contributed by atoms with van der Waals surface area (Å²) >= 11 is 9.03. The minimum atomic E-state index is -0.400. The van der Waals surface area contributed by atoms with E-state index in [0.717, 1.165) is 5.75 Å². The van der Waals surface area contributed by atoms with Gasteiger partial charge in [0.05, 0.1) is 23.1 Å². The van der Waals surface area contributed by atoms with Crippen molar-refractivity contribution in [3.05, 3.63) is 45.3 Å². The van der Waals surface area contributed by atoms with Crippen molar-refractivity contribution >= 4 is 46.7 Å². The van der Waals surface area contributed by atoms with Gasteiger partial charge in [-0.25, -0.2) is 4.98 Å². The first-order chi connectivity index (χ1) is 13.0. The molecule has 1 unspecified atom stereocenters. The van der Waals surface area contributed by atoms with Crippen molar-refractivity contribution in [1.82, 2.24) is 9.97 Å². The molecule has 1 amide bonds. The number of rotatable bonds is 9. The van der Waals surface area contributed by atoms with E-state index >= 15 is 0 Å². The van der Waals surface area contributed by atoms with Gasteiger partial charge in [0.2, 0.25) is 5.91 Å². The Balaban J connectivity index is 2.10. The lowest BCUT2D eigenvalue weighted by Gasteiger charge is -2.15. The number of nitrogens with one attached hydrogen (secondary N) is 2. The van der Waals surface area contributed by atoms with Crippen molar-refractivity contribution in [1.29, 1.82) is 0 Å². The molecular weight excluding hydrogens is 406 g/mol. The summed E-state index contributed by atoms with van der Waals surface area (Å²) < 4.78 is 5.11. The van der Waals surface area contributed by atoms with Gasteiger partial charge in [-0.1, -0.05) is 37.2 Å². The topological polar surface area (TPSA) is 84.1 Å². The zero-order chi connectivity index (χ0) is 19.8. The van der Waals surface area contributed by atoms with Crippen molar-refractivity contribution < 1.29 is 9.53 Å². The lowest BCUT2D eigenvalue weighted by molar-refractivity contribution is -0.115. The number of carbonyl (C=O) groups is 1. The average molecular weight is 428 g/mol. The van der Waals surface area contributed by atoms with Crippen LogP contribution in [0.2, 0.25) is 5.02 Å². The normalized spacial score (nSPS) is 11.9. The fourth-order valence-electron chi connectivity index (χ4n) is 2.24. The Bertz CT molecular complexity index is 845. The Morgan fingerprint density at radius 2 is 2.15 bits per heavy atom. The number of carbonyl (C=O) groups excluding carboxylic acids is 1. The Labute approximate surface area is 171 Å². The predicted molar refractivity (Wildman–Crippen MR) is 113 cm³/mol. The largest absolute Gasteiger partial charge is 0.495 e. The van der Waals surface area contributed by atoms with E-state index < -0.39 is 5.25 Å². The second kappa shape index (κ2) is 10.6. The monoisotopic (exact) mass is 427 g/mol. The van der Waals surface area contributed by atoms with Crippen molar-refractivity contribution in [2.75, 3.05) is 18.2 Å². The zero-order valence-corrected chi connectivity index (χ0v) is 17.8. The van der Waals surface area contributed by atoms with Crippen molar-refractivity contribution in [2.24, 2.45) is 0 Å². The summed E-state index contributed by atoms with van der Waals surface area (Å²) in [5, 5.41) is 3.31. The SMILES string of the molecule is CCSCc1cc(=O)[nH]c(SC(CC)C(=O)Nc2ccc(OC)c(Cl)c2)n1. The molecule has 2 N–H and O–H groups in total. The number of methoxy groups -OCH3 is 1. The van der Waals surface area contributed by atoms with Gasteiger partial charge in [0, 0.05) is 17.5 Å². The molecule has 0 spiro atoms. The van der Waals surface area contributed by atoms with Gasteiger partial charge in [0.1, 0.15) is 5.75 Å². The number of halogens is 1. The second-order valence-electron chi connectivity index (χ2n) is 5.53. The molecule has 0 saturated carbocycles. The van der Waals surface area contributed by atoms with Gasteiger partial charge in [0.25, 0.3) is 5.56 Å². The molecule has 2 aromatic rings. The molecule has 6 nitrogen and oxygen atoms in total. The third-order valence-corrected chi connectivity index (χ3v) is 6.02. The van der Waals surface area contributed by atoms with Crippen molar-refractivity contribution in [3.8, 4) is 5.75 Å². The van der Waals surface area contributed by atoms with Crippen LogP contribution in [0, 0.1) is 0 Å². The standard InChI is InChI=1S/C18H22ClN3O3S2/c1-4-15(17(24)20-11-6-7-14(25-3)13(19)8-11)27-18-21-12(10-26-5-2)9-16(23)22-18/h6-9,15H,4-5,10H2,1-3H3,(H,20,24)(H,21,22,23). The molecular formula is C18H22ClN3O3S2. The number of ether oxygens (including phenoxy) is 1. The van der Waals surface area contributed by atoms with Gasteiger partial charge < -0.3 is 15.0 Å². The molecule has 1 aromatic heterocycles. The van der Waals surface area contributed by atoms with Crippen LogP contribution in [-0.2, 0) is 10.5 Å². The minimum absolute atomic E-state index is 0.181. The van der Waals surface area contributed by atoms with Crippen molar-refractivity contribution in [2.45, 2.75) is 36.4 Å². The predicted octanol–water partition coefficient (Wildman–Crippen LogP) is 4.19. The Morgan fingerprint density at radius 3 is 2.78 bits per heavy atom. The molecule has 1 heterocycles. The van der Waals surface area contributed by atoms with E-state index in [0.29, 0.717) is 39.5 Å². The number of benzene rings is 1. The summed E-state index contributed by atoms with van der Waals surface area (Å²) in [6.45, 7) is 3.96. The summed E-state index contributed by atoms with van der Waals surface area (Å²) in [6.07, 6.45) is 0.581. The van der Waals surface area contributed by atoms with E-state index in [-0.39, 0.29) is 11.5 Å². The fourth-order valence-corrected chi connectivity index (χ4v) is 3.99. The number of anilines is 1. The number of nitrogens with zero attached hydrogens (tertiary/aromatic N) is 1. The summed E-state index contributed by atoms with van der Waals surface area (Å²) in [5.41, 5.74) is 1.08. The molecule has 2 rings (SSSR count). The highest BCUT2D eigenvalue weighted by molar-refractivity contribution is 8.00. The van der Waals surface area contributed by atoms with Crippen LogP contribution in [-0.4, -0.2) is 34.0 Å². The molecule has 0 radical (unpaired) electrons. The fraction of sp³-hybridized carbons (Fsp3) is 0.389. The Hall–Kier alpha value is -1.64. The van der Waals surface area contributed by atoms with Crippen LogP contribution < -0.4 is 15.6 Å². The summed E-state index contributed by atoms with van der Waals surface area (Å²) in [7, 11) is 1.53. The highest BCUT2D eigenvalue weighted by Gasteiger charge is 2.20. The van der Waals surface area contributed by atoms with Gasteiger partial charge in [-0.2, -0.15) is 11.8 Å². The van der Waals surface area contributed by atoms with E-state index in [1.54, 1.807) is 30.0 Å². The summed E-state index contributed by atoms with van der Waals surface area (Å²) in [5.74, 6) is 1.97. The van der Waals surface area contributed by atoms with Crippen LogP contribution in [0.25, 0.3) is 0 Å². The molecule has 146 valence electrons. The van der Waals surface area contributed by atoms with Crippen LogP contribution in [0.1, 0.15) is 26.0 Å². The molecule has 0 aliphatic rings. The first kappa shape index (κ1) is 21.7. The number of amides is 1. The highest BCUT2D eigenvalue weighted by atomic mass is 35.5. The Morgan fingerprint density at radius 1 is 1.37 bits per heavy atom. The third kappa shape index (κ3) is 6.48. The number of aromatic nitrogens is 2. The molecule has 27 heavy (non-hydrogen) atoms. The molecule has 0 saturated heterocycles. The maximum absolute atomic E-state index is 12.6. The van der Waals surface area contributed by atoms with Crippen LogP contribution in [0.3, 0.4) is 0 Å². The smallest absolute Gasteiger partial charge is 0.251 e. The first-order valence-electron chi connectivity index (χ1n) is 8.45. The Kier molecular flexibility index (Phi) is 8.53. The van der Waals surface area contributed by atoms with Crippen LogP contribution in [0.15, 0.2) is 34.2 Å². The zero-order valence-electron chi connectivity index (χ0n) is 15.4. The number of aromatic amines is 1. The van der Waals surface area contributed by atoms with E-state index in [4.69, 9.17) is 16.3 Å². The van der Waals surface area contributed by atoms with Crippen LogP contribution in [0.4, 0.5) is 5.69 Å². The van der Waals surface area contributed by atoms with Crippen LogP contribution >= 0.6 is 35.1 Å². The summed E-state index contributed by atoms with van der Waals surface area (Å²) in [6, 6.07) is 6.55. The van der Waals surface area contributed by atoms with Gasteiger partial charge >= 0.3 is 0 Å². The number of hydrogen-bond donors (Lipinski definition) is 2. The maximum Gasteiger partial charge on any atom is 0.251 e. The number of hydrogen-bond acceptors (Lipinski definition) is 6. The molecule has 9 heteroatoms. The molecule has 1 atom stereocenters. The number of thioether (sulfide) groups is 2. The lowest BCUT2D eigenvalue weighted by atomic mass is 10.2. The van der Waals surface area contributed by atoms with E-state index in [9.17, 15) is 9.59 Å². The molecule has 0 aliphatic heterocycles. The molecule has 0 bridgehead atoms. The van der Waals surface area contributed by atoms with E-state index in [1.807, 2.05) is 6.92 Å². The lowest BCUT2D eigenvalue weighted by Crippen LogP contribution is -2.25. The van der Waals surface area contributed by atoms with Gasteiger partial charge in [-0.15, -0.1) is 0 Å². The molecule has 0 aliphatic carbocycles. The minimum Gasteiger partial charge on any atom is -0.495 e. The quantitative estimate of drug-likeness (QED) is 0.461. The number of H-pyrrole nitrogens is 1. The second-order valence-corrected chi connectivity index (χ2v) is 8.41. The third-order valence-electron chi connectivity index (χ3n) is 3.56. The van der Waals surface area contributed by atoms with Gasteiger partial charge in [0.15, 0.2) is 5.16 Å². The first-order valence-corrected chi connectivity index (χ1v) is 10.9. The molecule has 1 aromatic carbocycles.